The van der Waals surface area contributed by atoms with Gasteiger partial charge in [0.05, 0.1) is 11.3 Å². The van der Waals surface area contributed by atoms with Crippen LogP contribution in [0.2, 0.25) is 0 Å². The maximum atomic E-state index is 13.4. The first-order chi connectivity index (χ1) is 8.59. The minimum absolute atomic E-state index is 0.154. The van der Waals surface area contributed by atoms with Crippen molar-refractivity contribution >= 4 is 17.3 Å². The van der Waals surface area contributed by atoms with Gasteiger partial charge in [0.15, 0.2) is 0 Å². The van der Waals surface area contributed by atoms with E-state index in [2.05, 4.69) is 5.32 Å². The Kier molecular flexibility index (Phi) is 3.28. The molecule has 0 aliphatic heterocycles. The highest BCUT2D eigenvalue weighted by Crippen LogP contribution is 2.24. The Morgan fingerprint density at radius 1 is 1.11 bits per heavy atom. The summed E-state index contributed by atoms with van der Waals surface area (Å²) in [5.41, 5.74) is 1.61. The highest BCUT2D eigenvalue weighted by molar-refractivity contribution is 5.95. The largest absolute Gasteiger partial charge is 0.478 e. The van der Waals surface area contributed by atoms with Gasteiger partial charge in [0.25, 0.3) is 0 Å². The monoisotopic (exact) mass is 245 g/mol. The van der Waals surface area contributed by atoms with Gasteiger partial charge in [-0.3, -0.25) is 0 Å². The van der Waals surface area contributed by atoms with Crippen molar-refractivity contribution in [1.29, 1.82) is 0 Å². The Bertz CT molecular complexity index is 596. The van der Waals surface area contributed by atoms with Gasteiger partial charge in [-0.05, 0) is 31.2 Å². The Balaban J connectivity index is 2.40. The summed E-state index contributed by atoms with van der Waals surface area (Å²) in [6.45, 7) is 1.64. The lowest BCUT2D eigenvalue weighted by atomic mass is 10.1. The third kappa shape index (κ3) is 2.32. The molecular weight excluding hydrogens is 233 g/mol. The maximum absolute atomic E-state index is 13.4. The molecule has 0 amide bonds. The molecular formula is C14H12FNO2. The van der Waals surface area contributed by atoms with Crippen LogP contribution in [-0.2, 0) is 0 Å². The van der Waals surface area contributed by atoms with Crippen LogP contribution in [-0.4, -0.2) is 11.1 Å². The Labute approximate surface area is 104 Å². The van der Waals surface area contributed by atoms with E-state index in [1.807, 2.05) is 0 Å². The highest BCUT2D eigenvalue weighted by Gasteiger charge is 2.10. The highest BCUT2D eigenvalue weighted by atomic mass is 19.1. The number of benzene rings is 2. The molecule has 2 N–H and O–H groups in total. The summed E-state index contributed by atoms with van der Waals surface area (Å²) in [5.74, 6) is -1.35. The van der Waals surface area contributed by atoms with Gasteiger partial charge in [0.2, 0.25) is 0 Å². The molecule has 3 nitrogen and oxygen atoms in total. The van der Waals surface area contributed by atoms with E-state index < -0.39 is 5.97 Å². The lowest BCUT2D eigenvalue weighted by Crippen LogP contribution is -2.03. The van der Waals surface area contributed by atoms with Crippen LogP contribution in [0.1, 0.15) is 15.9 Å². The molecule has 0 radical (unpaired) electrons. The van der Waals surface area contributed by atoms with Crippen LogP contribution < -0.4 is 5.32 Å². The molecule has 0 atom stereocenters. The van der Waals surface area contributed by atoms with Crippen molar-refractivity contribution in [2.45, 2.75) is 6.92 Å². The molecule has 0 aliphatic rings. The molecule has 0 saturated carbocycles. The van der Waals surface area contributed by atoms with Gasteiger partial charge in [-0.1, -0.05) is 18.2 Å². The summed E-state index contributed by atoms with van der Waals surface area (Å²) in [6, 6.07) is 11.2. The van der Waals surface area contributed by atoms with E-state index >= 15 is 0 Å². The molecule has 18 heavy (non-hydrogen) atoms. The zero-order chi connectivity index (χ0) is 13.1. The van der Waals surface area contributed by atoms with E-state index in [-0.39, 0.29) is 11.4 Å². The minimum atomic E-state index is -1.02. The van der Waals surface area contributed by atoms with E-state index in [9.17, 15) is 9.18 Å². The summed E-state index contributed by atoms with van der Waals surface area (Å²) in [7, 11) is 0. The first-order valence-corrected chi connectivity index (χ1v) is 5.44. The topological polar surface area (TPSA) is 49.3 Å². The van der Waals surface area contributed by atoms with Gasteiger partial charge < -0.3 is 10.4 Å². The first kappa shape index (κ1) is 12.1. The molecule has 92 valence electrons. The molecule has 0 bridgehead atoms. The lowest BCUT2D eigenvalue weighted by molar-refractivity contribution is 0.0698. The second-order valence-corrected chi connectivity index (χ2v) is 3.89. The van der Waals surface area contributed by atoms with Crippen LogP contribution in [0, 0.1) is 12.7 Å². The SMILES string of the molecule is Cc1c(F)cccc1Nc1ccccc1C(=O)O. The van der Waals surface area contributed by atoms with E-state index in [1.54, 1.807) is 37.3 Å². The van der Waals surface area contributed by atoms with Gasteiger partial charge in [0.1, 0.15) is 5.82 Å². The number of carboxylic acids is 1. The average molecular weight is 245 g/mol. The van der Waals surface area contributed by atoms with Crippen molar-refractivity contribution in [3.63, 3.8) is 0 Å². The van der Waals surface area contributed by atoms with E-state index in [0.717, 1.165) is 0 Å². The number of rotatable bonds is 3. The van der Waals surface area contributed by atoms with Crippen LogP contribution in [0.15, 0.2) is 42.5 Å². The fraction of sp³-hybridized carbons (Fsp3) is 0.0714. The smallest absolute Gasteiger partial charge is 0.337 e. The average Bonchev–Trinajstić information content (AvgIpc) is 2.35. The second-order valence-electron chi connectivity index (χ2n) is 3.89. The molecule has 0 fully saturated rings. The summed E-state index contributed by atoms with van der Waals surface area (Å²) >= 11 is 0. The minimum Gasteiger partial charge on any atom is -0.478 e. The summed E-state index contributed by atoms with van der Waals surface area (Å²) in [4.78, 5) is 11.0. The number of aromatic carboxylic acids is 1. The number of nitrogens with one attached hydrogen (secondary N) is 1. The predicted molar refractivity (Wildman–Crippen MR) is 67.8 cm³/mol. The van der Waals surface area contributed by atoms with Gasteiger partial charge in [0, 0.05) is 11.3 Å². The number of anilines is 2. The fourth-order valence-corrected chi connectivity index (χ4v) is 1.67. The molecule has 0 unspecified atom stereocenters. The zero-order valence-electron chi connectivity index (χ0n) is 9.77. The molecule has 0 heterocycles. The van der Waals surface area contributed by atoms with Crippen molar-refractivity contribution in [2.75, 3.05) is 5.32 Å². The molecule has 0 aliphatic carbocycles. The maximum Gasteiger partial charge on any atom is 0.337 e. The van der Waals surface area contributed by atoms with Gasteiger partial charge >= 0.3 is 5.97 Å². The fourth-order valence-electron chi connectivity index (χ4n) is 1.67. The second kappa shape index (κ2) is 4.87. The van der Waals surface area contributed by atoms with Crippen molar-refractivity contribution in [1.82, 2.24) is 0 Å². The zero-order valence-corrected chi connectivity index (χ0v) is 9.77. The van der Waals surface area contributed by atoms with Crippen molar-refractivity contribution in [2.24, 2.45) is 0 Å². The molecule has 0 saturated heterocycles. The summed E-state index contributed by atoms with van der Waals surface area (Å²) < 4.78 is 13.4. The van der Waals surface area contributed by atoms with E-state index in [0.29, 0.717) is 16.9 Å². The van der Waals surface area contributed by atoms with Crippen LogP contribution in [0.5, 0.6) is 0 Å². The molecule has 2 rings (SSSR count). The molecule has 4 heteroatoms. The molecule has 2 aromatic carbocycles. The predicted octanol–water partition coefficient (Wildman–Crippen LogP) is 3.58. The third-order valence-electron chi connectivity index (χ3n) is 2.69. The quantitative estimate of drug-likeness (QED) is 0.869. The number of halogens is 1. The van der Waals surface area contributed by atoms with Gasteiger partial charge in [-0.2, -0.15) is 0 Å². The number of hydrogen-bond acceptors (Lipinski definition) is 2. The summed E-state index contributed by atoms with van der Waals surface area (Å²) in [5, 5.41) is 12.0. The molecule has 2 aromatic rings. The van der Waals surface area contributed by atoms with Crippen molar-refractivity contribution in [3.05, 3.63) is 59.4 Å². The van der Waals surface area contributed by atoms with E-state index in [1.165, 1.54) is 12.1 Å². The number of carboxylic acid groups (broad SMARTS) is 1. The Hall–Kier alpha value is -2.36. The number of hydrogen-bond donors (Lipinski definition) is 2. The molecule has 0 aromatic heterocycles. The standard InChI is InChI=1S/C14H12FNO2/c1-9-11(15)6-4-8-12(9)16-13-7-3-2-5-10(13)14(17)18/h2-8,16H,1H3,(H,17,18). The van der Waals surface area contributed by atoms with Crippen LogP contribution in [0.3, 0.4) is 0 Å². The van der Waals surface area contributed by atoms with Crippen LogP contribution in [0.25, 0.3) is 0 Å². The lowest BCUT2D eigenvalue weighted by Gasteiger charge is -2.12. The van der Waals surface area contributed by atoms with Crippen molar-refractivity contribution < 1.29 is 14.3 Å². The van der Waals surface area contributed by atoms with Gasteiger partial charge in [-0.15, -0.1) is 0 Å². The van der Waals surface area contributed by atoms with Crippen LogP contribution >= 0.6 is 0 Å². The van der Waals surface area contributed by atoms with Crippen molar-refractivity contribution in [3.8, 4) is 0 Å². The Morgan fingerprint density at radius 3 is 2.50 bits per heavy atom. The normalized spacial score (nSPS) is 10.1. The molecule has 0 spiro atoms. The Morgan fingerprint density at radius 2 is 1.78 bits per heavy atom. The van der Waals surface area contributed by atoms with E-state index in [4.69, 9.17) is 5.11 Å². The van der Waals surface area contributed by atoms with Crippen LogP contribution in [0.4, 0.5) is 15.8 Å². The van der Waals surface area contributed by atoms with Gasteiger partial charge in [-0.25, -0.2) is 9.18 Å². The number of para-hydroxylation sites is 1. The number of carbonyl (C=O) groups is 1. The first-order valence-electron chi connectivity index (χ1n) is 5.44. The third-order valence-corrected chi connectivity index (χ3v) is 2.69. The summed E-state index contributed by atoms with van der Waals surface area (Å²) in [6.07, 6.45) is 0.